The second-order valence-electron chi connectivity index (χ2n) is 3.21. The van der Waals surface area contributed by atoms with Crippen LogP contribution in [0.5, 0.6) is 0 Å². The summed E-state index contributed by atoms with van der Waals surface area (Å²) < 4.78 is 0. The van der Waals surface area contributed by atoms with Gasteiger partial charge in [0.2, 0.25) is 0 Å². The third-order valence-corrected chi connectivity index (χ3v) is 1.88. The molecule has 0 atom stereocenters. The topological polar surface area (TPSA) is 75.6 Å². The summed E-state index contributed by atoms with van der Waals surface area (Å²) in [6.45, 7) is 8.91. The quantitative estimate of drug-likeness (QED) is 0.428. The van der Waals surface area contributed by atoms with E-state index >= 15 is 0 Å². The molecule has 0 aliphatic rings. The molecule has 0 rings (SSSR count). The number of carbonyl (C=O) groups is 1. The van der Waals surface area contributed by atoms with Crippen LogP contribution >= 0.6 is 0 Å². The maximum Gasteiger partial charge on any atom is 0.348 e. The fourth-order valence-electron chi connectivity index (χ4n) is 0.789. The maximum absolute atomic E-state index is 10.9. The zero-order valence-corrected chi connectivity index (χ0v) is 10.5. The van der Waals surface area contributed by atoms with E-state index in [1.807, 2.05) is 0 Å². The van der Waals surface area contributed by atoms with E-state index in [-0.39, 0.29) is 6.03 Å². The number of rotatable bonds is 4. The number of hydrogen-bond acceptors (Lipinski definition) is 3. The van der Waals surface area contributed by atoms with Crippen molar-refractivity contribution < 1.29 is 4.79 Å². The summed E-state index contributed by atoms with van der Waals surface area (Å²) in [6.07, 6.45) is 4.08. The van der Waals surface area contributed by atoms with Crippen LogP contribution in [0.4, 0.5) is 4.79 Å². The van der Waals surface area contributed by atoms with E-state index in [4.69, 9.17) is 11.7 Å². The number of carbonyl (C=O) groups excluding carboxylic acids is 1. The molecule has 0 unspecified atom stereocenters. The highest BCUT2D eigenvalue weighted by atomic mass is 16.2. The fourth-order valence-corrected chi connectivity index (χ4v) is 0.789. The third kappa shape index (κ3) is 9.49. The van der Waals surface area contributed by atoms with Gasteiger partial charge in [0, 0.05) is 13.1 Å². The van der Waals surface area contributed by atoms with Crippen molar-refractivity contribution in [3.05, 3.63) is 0 Å². The second kappa shape index (κ2) is 11.3. The highest BCUT2D eigenvalue weighted by molar-refractivity contribution is 5.72. The standard InChI is InChI=1S/C5H14N4O.C5H12/c1-3-8(6)5(10)9(7)4-2;1-3-5-4-2/h3-4,6-7H2,1-2H3;3-5H2,1-2H3. The molecule has 2 amide bonds. The maximum atomic E-state index is 10.9. The van der Waals surface area contributed by atoms with E-state index < -0.39 is 0 Å². The summed E-state index contributed by atoms with van der Waals surface area (Å²) in [7, 11) is 0. The average molecular weight is 218 g/mol. The Morgan fingerprint density at radius 1 is 0.933 bits per heavy atom. The van der Waals surface area contributed by atoms with Crippen LogP contribution in [-0.4, -0.2) is 29.1 Å². The first-order valence-corrected chi connectivity index (χ1v) is 5.63. The Kier molecular flexibility index (Phi) is 12.5. The molecule has 0 aromatic heterocycles. The number of hydrazine groups is 2. The van der Waals surface area contributed by atoms with Gasteiger partial charge in [-0.2, -0.15) is 0 Å². The minimum atomic E-state index is -0.356. The SMILES string of the molecule is CCCCC.CCN(N)C(=O)N(N)CC. The van der Waals surface area contributed by atoms with Gasteiger partial charge in [-0.05, 0) is 13.8 Å². The number of nitrogens with zero attached hydrogens (tertiary/aromatic N) is 2. The smallest absolute Gasteiger partial charge is 0.262 e. The lowest BCUT2D eigenvalue weighted by Gasteiger charge is -2.20. The zero-order chi connectivity index (χ0) is 12.3. The summed E-state index contributed by atoms with van der Waals surface area (Å²) in [5.74, 6) is 10.5. The monoisotopic (exact) mass is 218 g/mol. The minimum absolute atomic E-state index is 0.356. The van der Waals surface area contributed by atoms with Gasteiger partial charge in [0.25, 0.3) is 0 Å². The molecule has 92 valence electrons. The van der Waals surface area contributed by atoms with E-state index in [1.54, 1.807) is 13.8 Å². The third-order valence-electron chi connectivity index (χ3n) is 1.88. The molecule has 0 fully saturated rings. The lowest BCUT2D eigenvalue weighted by Crippen LogP contribution is -2.49. The Morgan fingerprint density at radius 2 is 1.27 bits per heavy atom. The first-order valence-electron chi connectivity index (χ1n) is 5.63. The molecule has 5 nitrogen and oxygen atoms in total. The van der Waals surface area contributed by atoms with Crippen molar-refractivity contribution in [1.29, 1.82) is 0 Å². The lowest BCUT2D eigenvalue weighted by molar-refractivity contribution is 0.159. The van der Waals surface area contributed by atoms with Gasteiger partial charge in [-0.15, -0.1) is 0 Å². The van der Waals surface area contributed by atoms with Gasteiger partial charge in [-0.3, -0.25) is 10.0 Å². The van der Waals surface area contributed by atoms with Crippen molar-refractivity contribution in [2.75, 3.05) is 13.1 Å². The molecular formula is C10H26N4O. The van der Waals surface area contributed by atoms with Crippen molar-refractivity contribution >= 4 is 6.03 Å². The predicted octanol–water partition coefficient (Wildman–Crippen LogP) is 1.69. The van der Waals surface area contributed by atoms with Gasteiger partial charge in [0.1, 0.15) is 0 Å². The predicted molar refractivity (Wildman–Crippen MR) is 63.7 cm³/mol. The number of amides is 2. The van der Waals surface area contributed by atoms with Gasteiger partial charge in [-0.25, -0.2) is 16.5 Å². The van der Waals surface area contributed by atoms with E-state index in [0.29, 0.717) is 13.1 Å². The van der Waals surface area contributed by atoms with Crippen LogP contribution in [0.25, 0.3) is 0 Å². The van der Waals surface area contributed by atoms with Crippen LogP contribution in [0.15, 0.2) is 0 Å². The Morgan fingerprint density at radius 3 is 1.40 bits per heavy atom. The number of nitrogens with two attached hydrogens (primary N) is 2. The van der Waals surface area contributed by atoms with Gasteiger partial charge >= 0.3 is 6.03 Å². The molecule has 15 heavy (non-hydrogen) atoms. The largest absolute Gasteiger partial charge is 0.348 e. The summed E-state index contributed by atoms with van der Waals surface area (Å²) in [4.78, 5) is 10.9. The molecule has 0 heterocycles. The molecule has 0 bridgehead atoms. The van der Waals surface area contributed by atoms with Gasteiger partial charge in [0.05, 0.1) is 0 Å². The Balaban J connectivity index is 0. The van der Waals surface area contributed by atoms with Crippen molar-refractivity contribution in [1.82, 2.24) is 10.0 Å². The van der Waals surface area contributed by atoms with Crippen LogP contribution in [-0.2, 0) is 0 Å². The van der Waals surface area contributed by atoms with Gasteiger partial charge in [-0.1, -0.05) is 33.1 Å². The van der Waals surface area contributed by atoms with E-state index in [2.05, 4.69) is 13.8 Å². The molecule has 0 aliphatic carbocycles. The molecule has 0 spiro atoms. The average Bonchev–Trinajstić information content (AvgIpc) is 2.27. The molecule has 0 saturated heterocycles. The Bertz CT molecular complexity index is 138. The van der Waals surface area contributed by atoms with Crippen molar-refractivity contribution in [2.45, 2.75) is 47.0 Å². The van der Waals surface area contributed by atoms with Crippen molar-refractivity contribution in [3.8, 4) is 0 Å². The number of unbranched alkanes of at least 4 members (excludes halogenated alkanes) is 2. The van der Waals surface area contributed by atoms with Crippen molar-refractivity contribution in [3.63, 3.8) is 0 Å². The van der Waals surface area contributed by atoms with Crippen LogP contribution < -0.4 is 11.7 Å². The number of hydrogen-bond donors (Lipinski definition) is 2. The zero-order valence-electron chi connectivity index (χ0n) is 10.5. The Labute approximate surface area is 93.3 Å². The Hall–Kier alpha value is -0.810. The van der Waals surface area contributed by atoms with Crippen LogP contribution in [0.3, 0.4) is 0 Å². The van der Waals surface area contributed by atoms with Crippen molar-refractivity contribution in [2.24, 2.45) is 11.7 Å². The summed E-state index contributed by atoms with van der Waals surface area (Å²) in [5.41, 5.74) is 0. The lowest BCUT2D eigenvalue weighted by atomic mass is 10.3. The number of urea groups is 1. The normalized spacial score (nSPS) is 8.93. The van der Waals surface area contributed by atoms with Crippen LogP contribution in [0.2, 0.25) is 0 Å². The van der Waals surface area contributed by atoms with E-state index in [0.717, 1.165) is 10.0 Å². The first-order chi connectivity index (χ1) is 7.04. The van der Waals surface area contributed by atoms with E-state index in [1.165, 1.54) is 19.3 Å². The minimum Gasteiger partial charge on any atom is -0.262 e. The van der Waals surface area contributed by atoms with Gasteiger partial charge in [0.15, 0.2) is 0 Å². The second-order valence-corrected chi connectivity index (χ2v) is 3.21. The molecule has 0 radical (unpaired) electrons. The molecule has 0 aliphatic heterocycles. The summed E-state index contributed by atoms with van der Waals surface area (Å²) >= 11 is 0. The van der Waals surface area contributed by atoms with Gasteiger partial charge < -0.3 is 0 Å². The molecular weight excluding hydrogens is 192 g/mol. The van der Waals surface area contributed by atoms with Crippen LogP contribution in [0, 0.1) is 0 Å². The molecule has 4 N–H and O–H groups in total. The summed E-state index contributed by atoms with van der Waals surface area (Å²) in [5, 5.41) is 2.12. The molecule has 5 heteroatoms. The van der Waals surface area contributed by atoms with Crippen LogP contribution in [0.1, 0.15) is 47.0 Å². The highest BCUT2D eigenvalue weighted by Gasteiger charge is 2.10. The van der Waals surface area contributed by atoms with E-state index in [9.17, 15) is 4.79 Å². The summed E-state index contributed by atoms with van der Waals surface area (Å²) in [6, 6.07) is -0.356. The first kappa shape index (κ1) is 16.6. The molecule has 0 aromatic rings. The highest BCUT2D eigenvalue weighted by Crippen LogP contribution is 1.88. The fraction of sp³-hybridized carbons (Fsp3) is 0.900. The molecule has 0 saturated carbocycles. The molecule has 0 aromatic carbocycles.